The van der Waals surface area contributed by atoms with Crippen LogP contribution in [0, 0.1) is 0 Å². The molecular weight excluding hydrogens is 220 g/mol. The van der Waals surface area contributed by atoms with Gasteiger partial charge in [0, 0.05) is 6.07 Å². The molecule has 82 valence electrons. The van der Waals surface area contributed by atoms with Crippen molar-refractivity contribution in [3.63, 3.8) is 0 Å². The van der Waals surface area contributed by atoms with Gasteiger partial charge < -0.3 is 14.2 Å². The summed E-state index contributed by atoms with van der Waals surface area (Å²) < 4.78 is 14.6. The first-order valence-electron chi connectivity index (χ1n) is 4.13. The van der Waals surface area contributed by atoms with E-state index in [1.165, 1.54) is 33.5 Å². The lowest BCUT2D eigenvalue weighted by Gasteiger charge is -2.10. The highest BCUT2D eigenvalue weighted by Crippen LogP contribution is 2.33. The largest absolute Gasteiger partial charge is 0.493 e. The van der Waals surface area contributed by atoms with Gasteiger partial charge in [0.2, 0.25) is 0 Å². The molecule has 0 spiro atoms. The molecule has 0 heterocycles. The van der Waals surface area contributed by atoms with Crippen LogP contribution in [0.4, 0.5) is 0 Å². The van der Waals surface area contributed by atoms with Crippen molar-refractivity contribution in [3.8, 4) is 11.5 Å². The zero-order chi connectivity index (χ0) is 11.4. The Hall–Kier alpha value is -1.42. The van der Waals surface area contributed by atoms with Crippen molar-refractivity contribution in [1.82, 2.24) is 0 Å². The third-order valence-electron chi connectivity index (χ3n) is 1.88. The lowest BCUT2D eigenvalue weighted by molar-refractivity contribution is 0.0600. The van der Waals surface area contributed by atoms with E-state index in [2.05, 4.69) is 4.74 Å². The number of halogens is 1. The predicted octanol–water partition coefficient (Wildman–Crippen LogP) is 2.14. The highest BCUT2D eigenvalue weighted by atomic mass is 35.5. The Morgan fingerprint density at radius 3 is 2.13 bits per heavy atom. The number of ether oxygens (including phenoxy) is 3. The highest BCUT2D eigenvalue weighted by Gasteiger charge is 2.15. The molecule has 0 saturated carbocycles. The summed E-state index contributed by atoms with van der Waals surface area (Å²) in [6.45, 7) is 0. The topological polar surface area (TPSA) is 44.8 Å². The van der Waals surface area contributed by atoms with Gasteiger partial charge in [-0.15, -0.1) is 0 Å². The number of carbonyl (C=O) groups excluding carboxylic acids is 1. The van der Waals surface area contributed by atoms with E-state index in [4.69, 9.17) is 21.1 Å². The minimum Gasteiger partial charge on any atom is -0.493 e. The average Bonchev–Trinajstić information content (AvgIpc) is 2.27. The maximum atomic E-state index is 11.3. The van der Waals surface area contributed by atoms with Crippen molar-refractivity contribution in [1.29, 1.82) is 0 Å². The third-order valence-corrected chi connectivity index (χ3v) is 2.19. The first-order valence-corrected chi connectivity index (χ1v) is 4.51. The number of methoxy groups -OCH3 is 3. The van der Waals surface area contributed by atoms with E-state index < -0.39 is 5.97 Å². The van der Waals surface area contributed by atoms with E-state index in [-0.39, 0.29) is 10.6 Å². The van der Waals surface area contributed by atoms with E-state index >= 15 is 0 Å². The maximum Gasteiger partial charge on any atom is 0.339 e. The Morgan fingerprint density at radius 2 is 1.67 bits per heavy atom. The molecule has 0 aliphatic rings. The molecule has 0 atom stereocenters. The number of rotatable bonds is 3. The summed E-state index contributed by atoms with van der Waals surface area (Å²) >= 11 is 5.87. The molecule has 5 heteroatoms. The predicted molar refractivity (Wildman–Crippen MR) is 55.9 cm³/mol. The Kier molecular flexibility index (Phi) is 3.80. The number of hydrogen-bond donors (Lipinski definition) is 0. The monoisotopic (exact) mass is 230 g/mol. The molecule has 0 radical (unpaired) electrons. The summed E-state index contributed by atoms with van der Waals surface area (Å²) in [6.07, 6.45) is 0. The van der Waals surface area contributed by atoms with Crippen molar-refractivity contribution in [2.45, 2.75) is 0 Å². The second-order valence-electron chi connectivity index (χ2n) is 2.68. The van der Waals surface area contributed by atoms with Crippen LogP contribution < -0.4 is 9.47 Å². The third kappa shape index (κ3) is 2.33. The summed E-state index contributed by atoms with van der Waals surface area (Å²) in [5.74, 6) is 0.387. The van der Waals surface area contributed by atoms with Crippen molar-refractivity contribution in [2.24, 2.45) is 0 Å². The smallest absolute Gasteiger partial charge is 0.339 e. The Balaban J connectivity index is 3.25. The summed E-state index contributed by atoms with van der Waals surface area (Å²) in [6, 6.07) is 2.99. The second-order valence-corrected chi connectivity index (χ2v) is 3.09. The van der Waals surface area contributed by atoms with Gasteiger partial charge in [0.15, 0.2) is 11.5 Å². The van der Waals surface area contributed by atoms with Gasteiger partial charge in [-0.3, -0.25) is 0 Å². The fraction of sp³-hybridized carbons (Fsp3) is 0.300. The molecule has 0 amide bonds. The van der Waals surface area contributed by atoms with Crippen LogP contribution in [0.3, 0.4) is 0 Å². The molecule has 0 bridgehead atoms. The molecule has 0 aliphatic carbocycles. The normalized spacial score (nSPS) is 9.60. The standard InChI is InChI=1S/C10H11ClO4/c1-13-8-4-6(10(12)15-3)7(11)5-9(8)14-2/h4-5H,1-3H3. The first-order chi connectivity index (χ1) is 7.13. The molecule has 0 fully saturated rings. The number of esters is 1. The van der Waals surface area contributed by atoms with E-state index in [1.54, 1.807) is 0 Å². The van der Waals surface area contributed by atoms with Gasteiger partial charge >= 0.3 is 5.97 Å². The molecule has 0 unspecified atom stereocenters. The van der Waals surface area contributed by atoms with Crippen molar-refractivity contribution >= 4 is 17.6 Å². The highest BCUT2D eigenvalue weighted by molar-refractivity contribution is 6.33. The van der Waals surface area contributed by atoms with Gasteiger partial charge in [-0.05, 0) is 6.07 Å². The fourth-order valence-corrected chi connectivity index (χ4v) is 1.35. The molecule has 4 nitrogen and oxygen atoms in total. The molecule has 0 saturated heterocycles. The van der Waals surface area contributed by atoms with Gasteiger partial charge in [0.25, 0.3) is 0 Å². The number of hydrogen-bond acceptors (Lipinski definition) is 4. The first kappa shape index (κ1) is 11.7. The van der Waals surface area contributed by atoms with Gasteiger partial charge in [0.05, 0.1) is 31.9 Å². The molecule has 15 heavy (non-hydrogen) atoms. The lowest BCUT2D eigenvalue weighted by Crippen LogP contribution is -2.03. The van der Waals surface area contributed by atoms with Gasteiger partial charge in [-0.1, -0.05) is 11.6 Å². The molecule has 0 aliphatic heterocycles. The molecule has 1 rings (SSSR count). The zero-order valence-corrected chi connectivity index (χ0v) is 9.42. The van der Waals surface area contributed by atoms with E-state index in [0.717, 1.165) is 0 Å². The van der Waals surface area contributed by atoms with Crippen molar-refractivity contribution in [3.05, 3.63) is 22.7 Å². The summed E-state index contributed by atoms with van der Waals surface area (Å²) in [4.78, 5) is 11.3. The van der Waals surface area contributed by atoms with Crippen LogP contribution in [0.15, 0.2) is 12.1 Å². The quantitative estimate of drug-likeness (QED) is 0.747. The van der Waals surface area contributed by atoms with Crippen molar-refractivity contribution < 1.29 is 19.0 Å². The second kappa shape index (κ2) is 4.89. The van der Waals surface area contributed by atoms with Crippen LogP contribution in [0.1, 0.15) is 10.4 Å². The summed E-state index contributed by atoms with van der Waals surface area (Å²) in [7, 11) is 4.26. The van der Waals surface area contributed by atoms with Crippen LogP contribution in [-0.2, 0) is 4.74 Å². The number of benzene rings is 1. The van der Waals surface area contributed by atoms with Crippen molar-refractivity contribution in [2.75, 3.05) is 21.3 Å². The van der Waals surface area contributed by atoms with Crippen LogP contribution in [0.25, 0.3) is 0 Å². The van der Waals surface area contributed by atoms with Gasteiger partial charge in [0.1, 0.15) is 0 Å². The minimum atomic E-state index is -0.513. The SMILES string of the molecule is COC(=O)c1cc(OC)c(OC)cc1Cl. The number of carbonyl (C=O) groups is 1. The van der Waals surface area contributed by atoms with Gasteiger partial charge in [-0.2, -0.15) is 0 Å². The van der Waals surface area contributed by atoms with E-state index in [0.29, 0.717) is 11.5 Å². The summed E-state index contributed by atoms with van der Waals surface area (Å²) in [5, 5.41) is 0.263. The fourth-order valence-electron chi connectivity index (χ4n) is 1.12. The molecule has 1 aromatic carbocycles. The maximum absolute atomic E-state index is 11.3. The lowest BCUT2D eigenvalue weighted by atomic mass is 10.2. The van der Waals surface area contributed by atoms with E-state index in [9.17, 15) is 4.79 Å². The minimum absolute atomic E-state index is 0.247. The summed E-state index contributed by atoms with van der Waals surface area (Å²) in [5.41, 5.74) is 0.247. The Labute approximate surface area is 92.7 Å². The zero-order valence-electron chi connectivity index (χ0n) is 8.67. The Bertz CT molecular complexity index is 376. The molecule has 1 aromatic rings. The average molecular weight is 231 g/mol. The van der Waals surface area contributed by atoms with Crippen LogP contribution in [0.2, 0.25) is 5.02 Å². The molecule has 0 aromatic heterocycles. The van der Waals surface area contributed by atoms with Crippen LogP contribution in [0.5, 0.6) is 11.5 Å². The van der Waals surface area contributed by atoms with E-state index in [1.807, 2.05) is 0 Å². The molecule has 0 N–H and O–H groups in total. The van der Waals surface area contributed by atoms with Crippen LogP contribution in [-0.4, -0.2) is 27.3 Å². The Morgan fingerprint density at radius 1 is 1.13 bits per heavy atom. The van der Waals surface area contributed by atoms with Crippen LogP contribution >= 0.6 is 11.6 Å². The molecular formula is C10H11ClO4. The van der Waals surface area contributed by atoms with Gasteiger partial charge in [-0.25, -0.2) is 4.79 Å².